The van der Waals surface area contributed by atoms with Crippen molar-refractivity contribution in [3.8, 4) is 22.6 Å². The van der Waals surface area contributed by atoms with Gasteiger partial charge in [0, 0.05) is 16.7 Å². The van der Waals surface area contributed by atoms with E-state index in [1.54, 1.807) is 6.07 Å². The number of aromatic hydroxyl groups is 2. The second-order valence-corrected chi connectivity index (χ2v) is 17.8. The average Bonchev–Trinajstić information content (AvgIpc) is 3.17. The van der Waals surface area contributed by atoms with Crippen molar-refractivity contribution in [1.29, 1.82) is 0 Å². The average molecular weight is 698 g/mol. The number of hydrogen-bond donors (Lipinski definition) is 3. The quantitative estimate of drug-likeness (QED) is 0.0407. The van der Waals surface area contributed by atoms with E-state index < -0.39 is 7.26 Å². The molecule has 5 aromatic rings. The molecular weight excluding hydrogens is 641 g/mol. The van der Waals surface area contributed by atoms with Gasteiger partial charge in [-0.15, -0.1) is 13.2 Å². The number of rotatable bonds is 21. The number of nitrogens with one attached hydrogen (secondary N) is 1. The molecule has 0 fully saturated rings. The maximum Gasteiger partial charge on any atom is 0.128 e. The van der Waals surface area contributed by atoms with Gasteiger partial charge in [-0.25, -0.2) is 0 Å². The molecule has 0 saturated heterocycles. The molecular formula is C47H56NO2P. The van der Waals surface area contributed by atoms with Gasteiger partial charge in [-0.2, -0.15) is 0 Å². The predicted octanol–water partition coefficient (Wildman–Crippen LogP) is 10.2. The SMILES string of the molecule is C=CCc1ccc(O)c(-c2cc(CC=C)cc(CNCCCCCCCCCC[PH](c3ccccc3)(c3ccccc3)c3ccccc3)c2O)c1. The van der Waals surface area contributed by atoms with Crippen molar-refractivity contribution < 1.29 is 10.2 Å². The third-order valence-corrected chi connectivity index (χ3v) is 15.2. The first-order chi connectivity index (χ1) is 25.1. The molecule has 0 radical (unpaired) electrons. The van der Waals surface area contributed by atoms with Gasteiger partial charge in [0.25, 0.3) is 0 Å². The van der Waals surface area contributed by atoms with Crippen LogP contribution in [0.3, 0.4) is 0 Å². The number of phenolic OH excluding ortho intramolecular Hbond substituents is 2. The minimum Gasteiger partial charge on any atom is -0.507 e. The van der Waals surface area contributed by atoms with E-state index in [9.17, 15) is 10.2 Å². The van der Waals surface area contributed by atoms with Gasteiger partial charge in [0.2, 0.25) is 0 Å². The number of benzene rings is 5. The summed E-state index contributed by atoms with van der Waals surface area (Å²) in [7, 11) is -2.12. The van der Waals surface area contributed by atoms with Gasteiger partial charge < -0.3 is 10.2 Å². The molecule has 0 aliphatic carbocycles. The van der Waals surface area contributed by atoms with E-state index in [1.165, 1.54) is 67.0 Å². The second-order valence-electron chi connectivity index (χ2n) is 13.7. The summed E-state index contributed by atoms with van der Waals surface area (Å²) < 4.78 is 0. The summed E-state index contributed by atoms with van der Waals surface area (Å²) in [5.74, 6) is 0.381. The van der Waals surface area contributed by atoms with Crippen LogP contribution in [-0.2, 0) is 19.4 Å². The summed E-state index contributed by atoms with van der Waals surface area (Å²) in [5.41, 5.74) is 4.25. The Morgan fingerprint density at radius 1 is 0.529 bits per heavy atom. The molecule has 0 aliphatic rings. The molecule has 51 heavy (non-hydrogen) atoms. The molecule has 5 aromatic carbocycles. The fourth-order valence-corrected chi connectivity index (χ4v) is 12.4. The second kappa shape index (κ2) is 19.8. The molecule has 5 rings (SSSR count). The topological polar surface area (TPSA) is 52.5 Å². The minimum absolute atomic E-state index is 0.161. The van der Waals surface area contributed by atoms with Gasteiger partial charge in [0.1, 0.15) is 11.5 Å². The molecule has 0 atom stereocenters. The van der Waals surface area contributed by atoms with E-state index in [0.29, 0.717) is 30.5 Å². The van der Waals surface area contributed by atoms with E-state index in [-0.39, 0.29) is 11.5 Å². The first-order valence-corrected chi connectivity index (χ1v) is 21.0. The van der Waals surface area contributed by atoms with Gasteiger partial charge in [-0.1, -0.05) is 24.3 Å². The van der Waals surface area contributed by atoms with E-state index in [4.69, 9.17) is 0 Å². The zero-order valence-electron chi connectivity index (χ0n) is 30.2. The maximum absolute atomic E-state index is 11.3. The van der Waals surface area contributed by atoms with E-state index in [0.717, 1.165) is 29.7 Å². The monoisotopic (exact) mass is 697 g/mol. The molecule has 0 spiro atoms. The number of phenols is 2. The van der Waals surface area contributed by atoms with Crippen LogP contribution in [-0.4, -0.2) is 22.9 Å². The van der Waals surface area contributed by atoms with Crippen molar-refractivity contribution in [2.75, 3.05) is 12.7 Å². The first-order valence-electron chi connectivity index (χ1n) is 18.8. The molecule has 0 heterocycles. The van der Waals surface area contributed by atoms with Crippen molar-refractivity contribution >= 4 is 23.2 Å². The molecule has 0 aliphatic heterocycles. The largest absolute Gasteiger partial charge is 0.507 e. The Morgan fingerprint density at radius 3 is 1.57 bits per heavy atom. The Balaban J connectivity index is 1.07. The number of unbranched alkanes of at least 4 members (excludes halogenated alkanes) is 7. The number of hydrogen-bond acceptors (Lipinski definition) is 3. The Hall–Kier alpha value is -4.43. The fraction of sp³-hybridized carbons (Fsp3) is 0.277. The zero-order valence-corrected chi connectivity index (χ0v) is 31.2. The van der Waals surface area contributed by atoms with Crippen LogP contribution >= 0.6 is 7.26 Å². The van der Waals surface area contributed by atoms with Crippen molar-refractivity contribution in [3.63, 3.8) is 0 Å². The van der Waals surface area contributed by atoms with Gasteiger partial charge in [-0.3, -0.25) is 0 Å². The molecule has 0 bridgehead atoms. The number of allylic oxidation sites excluding steroid dienone is 2. The first kappa shape index (κ1) is 37.8. The normalized spacial score (nSPS) is 11.7. The smallest absolute Gasteiger partial charge is 0.128 e. The summed E-state index contributed by atoms with van der Waals surface area (Å²) in [6.07, 6.45) is 16.3. The van der Waals surface area contributed by atoms with Crippen molar-refractivity contribution in [1.82, 2.24) is 5.32 Å². The fourth-order valence-electron chi connectivity index (χ4n) is 7.50. The zero-order chi connectivity index (χ0) is 35.7. The third-order valence-electron chi connectivity index (χ3n) is 10.1. The van der Waals surface area contributed by atoms with Crippen LogP contribution in [0.15, 0.2) is 147 Å². The molecule has 3 nitrogen and oxygen atoms in total. The molecule has 0 amide bonds. The molecule has 4 heteroatoms. The summed E-state index contributed by atoms with van der Waals surface area (Å²) in [6, 6.07) is 43.3. The Kier molecular flexibility index (Phi) is 14.7. The van der Waals surface area contributed by atoms with Crippen LogP contribution in [0.5, 0.6) is 11.5 Å². The molecule has 266 valence electrons. The van der Waals surface area contributed by atoms with E-state index >= 15 is 0 Å². The summed E-state index contributed by atoms with van der Waals surface area (Å²) in [4.78, 5) is 0. The van der Waals surface area contributed by atoms with Crippen molar-refractivity contribution in [2.24, 2.45) is 0 Å². The summed E-state index contributed by atoms with van der Waals surface area (Å²) in [6.45, 7) is 9.23. The van der Waals surface area contributed by atoms with Gasteiger partial charge >= 0.3 is 190 Å². The predicted molar refractivity (Wildman–Crippen MR) is 223 cm³/mol. The van der Waals surface area contributed by atoms with Crippen LogP contribution in [0.1, 0.15) is 68.1 Å². The van der Waals surface area contributed by atoms with Gasteiger partial charge in [-0.05, 0) is 42.2 Å². The van der Waals surface area contributed by atoms with E-state index in [2.05, 4.69) is 109 Å². The minimum atomic E-state index is -2.12. The van der Waals surface area contributed by atoms with Crippen molar-refractivity contribution in [2.45, 2.75) is 70.8 Å². The Labute approximate surface area is 307 Å². The third kappa shape index (κ3) is 10.1. The van der Waals surface area contributed by atoms with Crippen LogP contribution in [0.4, 0.5) is 0 Å². The van der Waals surface area contributed by atoms with Crippen LogP contribution in [0.25, 0.3) is 11.1 Å². The maximum atomic E-state index is 11.3. The molecule has 0 saturated carbocycles. The Bertz CT molecular complexity index is 1710. The summed E-state index contributed by atoms with van der Waals surface area (Å²) in [5, 5.41) is 30.0. The van der Waals surface area contributed by atoms with Crippen molar-refractivity contribution in [3.05, 3.63) is 163 Å². The van der Waals surface area contributed by atoms with Gasteiger partial charge in [0.15, 0.2) is 0 Å². The summed E-state index contributed by atoms with van der Waals surface area (Å²) >= 11 is 0. The molecule has 0 unspecified atom stereocenters. The van der Waals surface area contributed by atoms with Crippen LogP contribution < -0.4 is 21.2 Å². The van der Waals surface area contributed by atoms with Crippen LogP contribution in [0.2, 0.25) is 0 Å². The molecule has 3 N–H and O–H groups in total. The molecule has 0 aromatic heterocycles. The van der Waals surface area contributed by atoms with Gasteiger partial charge in [0.05, 0.1) is 0 Å². The van der Waals surface area contributed by atoms with Crippen LogP contribution in [0, 0.1) is 0 Å². The standard InChI is InChI=1S/C47H56NO2P/c1-3-22-38-30-31-46(49)44(35-38)45-36-39(23-4-2)34-40(47(45)50)37-48-32-20-9-7-5-6-8-10-21-33-51(41-24-14-11-15-25-41,42-26-16-12-17-27-42)43-28-18-13-19-29-43/h3-4,11-19,24-31,34-36,48-51H,1-2,5-10,20-23,32-33,37H2. The Morgan fingerprint density at radius 2 is 1.02 bits per heavy atom. The van der Waals surface area contributed by atoms with E-state index in [1.807, 2.05) is 36.4 Å².